The Kier molecular flexibility index (Phi) is 56.7. The van der Waals surface area contributed by atoms with E-state index in [0.717, 1.165) is 20.3 Å². The van der Waals surface area contributed by atoms with Crippen LogP contribution in [0.25, 0.3) is 0 Å². The van der Waals surface area contributed by atoms with Crippen molar-refractivity contribution in [1.29, 1.82) is 0 Å². The van der Waals surface area contributed by atoms with E-state index in [-0.39, 0.29) is 11.3 Å². The van der Waals surface area contributed by atoms with Crippen LogP contribution in [0.2, 0.25) is 0 Å². The molecule has 0 aliphatic carbocycles. The smallest absolute Gasteiger partial charge is 0.302 e. The second kappa shape index (κ2) is 36.3. The van der Waals surface area contributed by atoms with Gasteiger partial charge in [0.25, 0.3) is 0 Å². The SMILES string of the molecule is CCOC(C)=O.CCOCC.CO.ClCCl. The molecule has 0 aliphatic rings. The topological polar surface area (TPSA) is 55.8 Å². The van der Waals surface area contributed by atoms with Gasteiger partial charge in [-0.05, 0) is 20.8 Å². The van der Waals surface area contributed by atoms with Crippen molar-refractivity contribution in [3.63, 3.8) is 0 Å². The number of carbonyl (C=O) groups is 1. The molecule has 0 fully saturated rings. The van der Waals surface area contributed by atoms with Crippen molar-refractivity contribution >= 4 is 29.2 Å². The van der Waals surface area contributed by atoms with Gasteiger partial charge in [0.15, 0.2) is 0 Å². The lowest BCUT2D eigenvalue weighted by atomic mass is 10.8. The third kappa shape index (κ3) is 95.1. The van der Waals surface area contributed by atoms with E-state index in [1.54, 1.807) is 6.92 Å². The molecule has 102 valence electrons. The van der Waals surface area contributed by atoms with E-state index >= 15 is 0 Å². The van der Waals surface area contributed by atoms with Crippen molar-refractivity contribution < 1.29 is 19.4 Å². The second-order valence-electron chi connectivity index (χ2n) is 1.81. The van der Waals surface area contributed by atoms with Gasteiger partial charge >= 0.3 is 5.97 Å². The zero-order valence-corrected chi connectivity index (χ0v) is 12.3. The van der Waals surface area contributed by atoms with E-state index in [1.165, 1.54) is 6.92 Å². The van der Waals surface area contributed by atoms with Crippen LogP contribution < -0.4 is 0 Å². The van der Waals surface area contributed by atoms with Crippen molar-refractivity contribution in [3.05, 3.63) is 0 Å². The molecular weight excluding hydrogens is 255 g/mol. The van der Waals surface area contributed by atoms with Gasteiger partial charge < -0.3 is 14.6 Å². The van der Waals surface area contributed by atoms with E-state index < -0.39 is 0 Å². The molecule has 0 radical (unpaired) electrons. The van der Waals surface area contributed by atoms with Crippen LogP contribution in [0.1, 0.15) is 27.7 Å². The average molecular weight is 279 g/mol. The Hall–Kier alpha value is -0.0300. The first-order valence-corrected chi connectivity index (χ1v) is 5.95. The van der Waals surface area contributed by atoms with Gasteiger partial charge in [0.05, 0.1) is 11.9 Å². The number of hydrogen-bond donors (Lipinski definition) is 1. The van der Waals surface area contributed by atoms with Gasteiger partial charge in [0.1, 0.15) is 0 Å². The van der Waals surface area contributed by atoms with Crippen molar-refractivity contribution in [3.8, 4) is 0 Å². The second-order valence-corrected chi connectivity index (χ2v) is 2.62. The maximum absolute atomic E-state index is 9.82. The minimum atomic E-state index is -0.211. The molecule has 0 spiro atoms. The Balaban J connectivity index is -0.0000000653. The number of hydrogen-bond acceptors (Lipinski definition) is 4. The largest absolute Gasteiger partial charge is 0.466 e. The van der Waals surface area contributed by atoms with Crippen molar-refractivity contribution in [2.24, 2.45) is 0 Å². The zero-order chi connectivity index (χ0) is 13.8. The summed E-state index contributed by atoms with van der Waals surface area (Å²) in [7, 11) is 1.00. The van der Waals surface area contributed by atoms with E-state index in [2.05, 4.69) is 4.74 Å². The highest BCUT2D eigenvalue weighted by atomic mass is 35.5. The van der Waals surface area contributed by atoms with Crippen LogP contribution >= 0.6 is 23.2 Å². The van der Waals surface area contributed by atoms with Crippen molar-refractivity contribution in [2.75, 3.05) is 32.3 Å². The Morgan fingerprint density at radius 3 is 1.38 bits per heavy atom. The fraction of sp³-hybridized carbons (Fsp3) is 0.900. The van der Waals surface area contributed by atoms with Gasteiger partial charge in [-0.15, -0.1) is 23.2 Å². The molecule has 0 saturated carbocycles. The van der Waals surface area contributed by atoms with Crippen LogP contribution in [0, 0.1) is 0 Å². The van der Waals surface area contributed by atoms with E-state index in [0.29, 0.717) is 6.61 Å². The Morgan fingerprint density at radius 1 is 1.06 bits per heavy atom. The van der Waals surface area contributed by atoms with Crippen LogP contribution in [0.3, 0.4) is 0 Å². The number of ether oxygens (including phenoxy) is 2. The molecule has 0 bridgehead atoms. The predicted molar refractivity (Wildman–Crippen MR) is 69.2 cm³/mol. The van der Waals surface area contributed by atoms with Crippen LogP contribution in [0.5, 0.6) is 0 Å². The molecule has 0 rings (SSSR count). The standard InChI is InChI=1S/C4H8O2.C4H10O.CH2Cl2.CH4O/c1-3-6-4(2)5;1-3-5-4-2;2-1-3;1-2/h3H2,1-2H3;3-4H2,1-2H3;1H2;2H,1H3. The molecule has 0 atom stereocenters. The summed E-state index contributed by atoms with van der Waals surface area (Å²) in [6, 6.07) is 0. The summed E-state index contributed by atoms with van der Waals surface area (Å²) in [5, 5.41) is 7.19. The molecule has 0 aromatic heterocycles. The molecule has 0 aliphatic heterocycles. The molecule has 6 heteroatoms. The lowest BCUT2D eigenvalue weighted by molar-refractivity contribution is -0.140. The van der Waals surface area contributed by atoms with E-state index in [9.17, 15) is 4.79 Å². The number of esters is 1. The van der Waals surface area contributed by atoms with E-state index in [4.69, 9.17) is 33.0 Å². The fourth-order valence-electron chi connectivity index (χ4n) is 0.407. The number of aliphatic hydroxyl groups is 1. The van der Waals surface area contributed by atoms with E-state index in [1.807, 2.05) is 13.8 Å². The third-order valence-corrected chi connectivity index (χ3v) is 0.756. The average Bonchev–Trinajstić information content (AvgIpc) is 2.24. The summed E-state index contributed by atoms with van der Waals surface area (Å²) in [6.45, 7) is 9.32. The van der Waals surface area contributed by atoms with Gasteiger partial charge in [-0.2, -0.15) is 0 Å². The lowest BCUT2D eigenvalue weighted by Crippen LogP contribution is -1.95. The van der Waals surface area contributed by atoms with Gasteiger partial charge in [-0.3, -0.25) is 4.79 Å². The summed E-state index contributed by atoms with van der Waals surface area (Å²) >= 11 is 9.53. The minimum absolute atomic E-state index is 0.194. The highest BCUT2D eigenvalue weighted by Crippen LogP contribution is 1.73. The lowest BCUT2D eigenvalue weighted by Gasteiger charge is -1.89. The zero-order valence-electron chi connectivity index (χ0n) is 10.8. The van der Waals surface area contributed by atoms with Crippen LogP contribution in [0.15, 0.2) is 0 Å². The summed E-state index contributed by atoms with van der Waals surface area (Å²) in [6.07, 6.45) is 0. The normalized spacial score (nSPS) is 7.00. The maximum Gasteiger partial charge on any atom is 0.302 e. The Bertz CT molecular complexity index is 101. The summed E-state index contributed by atoms with van der Waals surface area (Å²) in [5.74, 6) is -0.211. The molecule has 0 heterocycles. The van der Waals surface area contributed by atoms with Crippen LogP contribution in [0.4, 0.5) is 0 Å². The molecule has 0 aromatic carbocycles. The molecule has 0 aromatic rings. The molecule has 0 unspecified atom stereocenters. The number of alkyl halides is 2. The first kappa shape index (κ1) is 25.0. The Morgan fingerprint density at radius 2 is 1.38 bits per heavy atom. The molecular formula is C10H24Cl2O4. The van der Waals surface area contributed by atoms with Crippen LogP contribution in [-0.2, 0) is 14.3 Å². The molecule has 4 nitrogen and oxygen atoms in total. The fourth-order valence-corrected chi connectivity index (χ4v) is 0.407. The first-order chi connectivity index (χ1) is 7.60. The highest BCUT2D eigenvalue weighted by Gasteiger charge is 1.81. The number of aliphatic hydroxyl groups excluding tert-OH is 1. The van der Waals surface area contributed by atoms with Gasteiger partial charge in [-0.1, -0.05) is 0 Å². The monoisotopic (exact) mass is 278 g/mol. The minimum Gasteiger partial charge on any atom is -0.466 e. The number of halogens is 2. The van der Waals surface area contributed by atoms with Gasteiger partial charge in [0, 0.05) is 27.2 Å². The quantitative estimate of drug-likeness (QED) is 0.637. The van der Waals surface area contributed by atoms with Gasteiger partial charge in [0.2, 0.25) is 0 Å². The Labute approximate surface area is 109 Å². The van der Waals surface area contributed by atoms with Crippen LogP contribution in [-0.4, -0.2) is 43.3 Å². The molecule has 16 heavy (non-hydrogen) atoms. The molecule has 0 saturated heterocycles. The number of rotatable bonds is 3. The summed E-state index contributed by atoms with van der Waals surface area (Å²) in [5.41, 5.74) is 0. The predicted octanol–water partition coefficient (Wildman–Crippen LogP) is 2.64. The summed E-state index contributed by atoms with van der Waals surface area (Å²) in [4.78, 5) is 9.82. The highest BCUT2D eigenvalue weighted by molar-refractivity contribution is 6.40. The third-order valence-electron chi connectivity index (χ3n) is 0.756. The summed E-state index contributed by atoms with van der Waals surface area (Å²) < 4.78 is 9.24. The van der Waals surface area contributed by atoms with Gasteiger partial charge in [-0.25, -0.2) is 0 Å². The first-order valence-electron chi connectivity index (χ1n) is 4.88. The molecule has 1 N–H and O–H groups in total. The van der Waals surface area contributed by atoms with Crippen molar-refractivity contribution in [1.82, 2.24) is 0 Å². The maximum atomic E-state index is 9.82. The number of carbonyl (C=O) groups excluding carboxylic acids is 1. The molecule has 0 amide bonds. The van der Waals surface area contributed by atoms with Crippen molar-refractivity contribution in [2.45, 2.75) is 27.7 Å².